The monoisotopic (exact) mass is 453 g/mol. The second-order valence-corrected chi connectivity index (χ2v) is 9.02. The Morgan fingerprint density at radius 2 is 1.74 bits per heavy atom. The summed E-state index contributed by atoms with van der Waals surface area (Å²) in [4.78, 5) is 24.6. The molecular formula is C25H27NO3S2. The molecule has 3 aromatic rings. The number of aryl methyl sites for hydroxylation is 1. The zero-order chi connectivity index (χ0) is 22.2. The van der Waals surface area contributed by atoms with Gasteiger partial charge in [-0.1, -0.05) is 72.3 Å². The molecule has 2 atom stereocenters. The lowest BCUT2D eigenvalue weighted by molar-refractivity contribution is -0.141. The second-order valence-electron chi connectivity index (χ2n) is 7.62. The van der Waals surface area contributed by atoms with Gasteiger partial charge in [0.2, 0.25) is 5.91 Å². The van der Waals surface area contributed by atoms with Crippen molar-refractivity contribution in [2.45, 2.75) is 25.1 Å². The number of carboxylic acid groups (broad SMARTS) is 1. The minimum absolute atomic E-state index is 0.272. The van der Waals surface area contributed by atoms with E-state index >= 15 is 0 Å². The number of benzene rings is 3. The lowest BCUT2D eigenvalue weighted by atomic mass is 9.95. The third kappa shape index (κ3) is 6.52. The normalized spacial score (nSPS) is 13.0. The number of nitrogens with one attached hydrogen (secondary N) is 1. The van der Waals surface area contributed by atoms with Crippen LogP contribution in [-0.4, -0.2) is 34.5 Å². The van der Waals surface area contributed by atoms with Gasteiger partial charge >= 0.3 is 5.97 Å². The van der Waals surface area contributed by atoms with Crippen molar-refractivity contribution in [1.82, 2.24) is 5.32 Å². The minimum atomic E-state index is -1.02. The highest BCUT2D eigenvalue weighted by Gasteiger charge is 2.25. The highest BCUT2D eigenvalue weighted by atomic mass is 32.2. The van der Waals surface area contributed by atoms with Crippen molar-refractivity contribution in [3.05, 3.63) is 83.4 Å². The van der Waals surface area contributed by atoms with Crippen LogP contribution >= 0.6 is 24.4 Å². The predicted octanol–water partition coefficient (Wildman–Crippen LogP) is 4.74. The van der Waals surface area contributed by atoms with Crippen molar-refractivity contribution >= 4 is 47.0 Å². The molecule has 6 heteroatoms. The maximum atomic E-state index is 12.9. The number of thioether (sulfide) groups is 1. The van der Waals surface area contributed by atoms with Gasteiger partial charge < -0.3 is 10.4 Å². The van der Waals surface area contributed by atoms with Gasteiger partial charge in [0, 0.05) is 17.3 Å². The molecule has 0 aliphatic carbocycles. The van der Waals surface area contributed by atoms with E-state index in [1.54, 1.807) is 0 Å². The Morgan fingerprint density at radius 1 is 1.03 bits per heavy atom. The van der Waals surface area contributed by atoms with Gasteiger partial charge in [-0.25, -0.2) is 4.79 Å². The standard InChI is InChI=1S/C25H27NO3S2/c1-17-9-11-18(12-10-17)15-31-16-23(25(28)29)26-24(27)21(14-30)13-20-7-4-6-19-5-2-3-8-22(19)20/h2-12,21,23,30H,13-16H2,1H3,(H,26,27)(H,28,29)/t21-,23+/m0/s1. The van der Waals surface area contributed by atoms with E-state index in [2.05, 4.69) is 17.9 Å². The molecule has 0 saturated heterocycles. The molecule has 0 saturated carbocycles. The molecule has 0 unspecified atom stereocenters. The molecular weight excluding hydrogens is 426 g/mol. The molecule has 0 heterocycles. The van der Waals surface area contributed by atoms with Gasteiger partial charge in [0.15, 0.2) is 0 Å². The van der Waals surface area contributed by atoms with E-state index < -0.39 is 17.9 Å². The van der Waals surface area contributed by atoms with Crippen LogP contribution in [0.2, 0.25) is 0 Å². The number of fused-ring (bicyclic) bond motifs is 1. The molecule has 0 radical (unpaired) electrons. The molecule has 4 nitrogen and oxygen atoms in total. The molecule has 0 aromatic heterocycles. The first-order chi connectivity index (χ1) is 15.0. The third-order valence-corrected chi connectivity index (χ3v) is 6.77. The fraction of sp³-hybridized carbons (Fsp3) is 0.280. The predicted molar refractivity (Wildman–Crippen MR) is 132 cm³/mol. The van der Waals surface area contributed by atoms with Crippen molar-refractivity contribution in [3.8, 4) is 0 Å². The maximum Gasteiger partial charge on any atom is 0.327 e. The summed E-state index contributed by atoms with van der Waals surface area (Å²) in [5.74, 6) is -0.344. The van der Waals surface area contributed by atoms with E-state index in [4.69, 9.17) is 0 Å². The fourth-order valence-corrected chi connectivity index (χ4v) is 4.72. The largest absolute Gasteiger partial charge is 0.480 e. The van der Waals surface area contributed by atoms with Crippen molar-refractivity contribution in [2.24, 2.45) is 5.92 Å². The first kappa shape index (κ1) is 23.2. The molecule has 0 aliphatic heterocycles. The zero-order valence-electron chi connectivity index (χ0n) is 17.5. The smallest absolute Gasteiger partial charge is 0.327 e. The molecule has 162 valence electrons. The number of aliphatic carboxylic acids is 1. The van der Waals surface area contributed by atoms with Crippen LogP contribution in [0.25, 0.3) is 10.8 Å². The van der Waals surface area contributed by atoms with Crippen molar-refractivity contribution in [3.63, 3.8) is 0 Å². The van der Waals surface area contributed by atoms with Crippen molar-refractivity contribution < 1.29 is 14.7 Å². The summed E-state index contributed by atoms with van der Waals surface area (Å²) in [6.45, 7) is 2.03. The molecule has 3 aromatic carbocycles. The number of thiol groups is 1. The van der Waals surface area contributed by atoms with Crippen molar-refractivity contribution in [2.75, 3.05) is 11.5 Å². The van der Waals surface area contributed by atoms with Gasteiger partial charge in [0.05, 0.1) is 5.92 Å². The molecule has 0 spiro atoms. The zero-order valence-corrected chi connectivity index (χ0v) is 19.2. The van der Waals surface area contributed by atoms with Gasteiger partial charge in [-0.3, -0.25) is 4.79 Å². The summed E-state index contributed by atoms with van der Waals surface area (Å²) in [7, 11) is 0. The van der Waals surface area contributed by atoms with Crippen LogP contribution < -0.4 is 5.32 Å². The number of hydrogen-bond acceptors (Lipinski definition) is 4. The van der Waals surface area contributed by atoms with E-state index in [1.165, 1.54) is 17.3 Å². The summed E-state index contributed by atoms with van der Waals surface area (Å²) in [5.41, 5.74) is 3.39. The van der Waals surface area contributed by atoms with E-state index in [9.17, 15) is 14.7 Å². The average molecular weight is 454 g/mol. The lowest BCUT2D eigenvalue weighted by Gasteiger charge is -2.20. The van der Waals surface area contributed by atoms with Crippen LogP contribution in [0.1, 0.15) is 16.7 Å². The summed E-state index contributed by atoms with van der Waals surface area (Å²) in [5, 5.41) is 14.5. The van der Waals surface area contributed by atoms with Crippen LogP contribution in [0.15, 0.2) is 66.7 Å². The fourth-order valence-electron chi connectivity index (χ4n) is 3.42. The Balaban J connectivity index is 1.61. The first-order valence-electron chi connectivity index (χ1n) is 10.2. The molecule has 1 amide bonds. The van der Waals surface area contributed by atoms with Crippen LogP contribution in [0, 0.1) is 12.8 Å². The maximum absolute atomic E-state index is 12.9. The topological polar surface area (TPSA) is 66.4 Å². The lowest BCUT2D eigenvalue weighted by Crippen LogP contribution is -2.46. The second kappa shape index (κ2) is 11.3. The van der Waals surface area contributed by atoms with E-state index in [1.807, 2.05) is 73.7 Å². The SMILES string of the molecule is Cc1ccc(CSC[C@@H](NC(=O)[C@H](CS)Cc2cccc3ccccc23)C(=O)O)cc1. The Bertz CT molecular complexity index is 1030. The average Bonchev–Trinajstić information content (AvgIpc) is 2.77. The Hall–Kier alpha value is -2.44. The van der Waals surface area contributed by atoms with Crippen LogP contribution in [0.3, 0.4) is 0 Å². The highest BCUT2D eigenvalue weighted by Crippen LogP contribution is 2.22. The number of carbonyl (C=O) groups excluding carboxylic acids is 1. The van der Waals surface area contributed by atoms with E-state index in [0.29, 0.717) is 23.7 Å². The summed E-state index contributed by atoms with van der Waals surface area (Å²) >= 11 is 5.87. The molecule has 31 heavy (non-hydrogen) atoms. The van der Waals surface area contributed by atoms with Gasteiger partial charge in [-0.15, -0.1) is 0 Å². The molecule has 3 rings (SSSR count). The number of amides is 1. The summed E-state index contributed by atoms with van der Waals surface area (Å²) in [6.07, 6.45) is 0.513. The van der Waals surface area contributed by atoms with Gasteiger partial charge in [-0.2, -0.15) is 24.4 Å². The van der Waals surface area contributed by atoms with Crippen LogP contribution in [0.5, 0.6) is 0 Å². The third-order valence-electron chi connectivity index (χ3n) is 5.23. The van der Waals surface area contributed by atoms with E-state index in [0.717, 1.165) is 21.9 Å². The molecule has 0 fully saturated rings. The van der Waals surface area contributed by atoms with Crippen LogP contribution in [-0.2, 0) is 21.8 Å². The minimum Gasteiger partial charge on any atom is -0.480 e. The molecule has 2 N–H and O–H groups in total. The van der Waals surface area contributed by atoms with Crippen LogP contribution in [0.4, 0.5) is 0 Å². The molecule has 0 aliphatic rings. The number of carbonyl (C=O) groups is 2. The molecule has 0 bridgehead atoms. The Kier molecular flexibility index (Phi) is 8.43. The quantitative estimate of drug-likeness (QED) is 0.388. The van der Waals surface area contributed by atoms with Crippen molar-refractivity contribution in [1.29, 1.82) is 0 Å². The number of carboxylic acids is 1. The number of hydrogen-bond donors (Lipinski definition) is 3. The summed E-state index contributed by atoms with van der Waals surface area (Å²) in [6, 6.07) is 21.3. The number of rotatable bonds is 10. The Labute approximate surface area is 192 Å². The summed E-state index contributed by atoms with van der Waals surface area (Å²) < 4.78 is 0. The Morgan fingerprint density at radius 3 is 2.45 bits per heavy atom. The van der Waals surface area contributed by atoms with Gasteiger partial charge in [0.25, 0.3) is 0 Å². The van der Waals surface area contributed by atoms with E-state index in [-0.39, 0.29) is 5.91 Å². The highest BCUT2D eigenvalue weighted by molar-refractivity contribution is 7.98. The van der Waals surface area contributed by atoms with Gasteiger partial charge in [-0.05, 0) is 35.2 Å². The van der Waals surface area contributed by atoms with Gasteiger partial charge in [0.1, 0.15) is 6.04 Å². The first-order valence-corrected chi connectivity index (χ1v) is 12.0.